The van der Waals surface area contributed by atoms with Crippen LogP contribution in [0.5, 0.6) is 0 Å². The van der Waals surface area contributed by atoms with Gasteiger partial charge < -0.3 is 21.1 Å². The van der Waals surface area contributed by atoms with Crippen LogP contribution in [0.25, 0.3) is 0 Å². The highest BCUT2D eigenvalue weighted by molar-refractivity contribution is 5.97. The van der Waals surface area contributed by atoms with Crippen LogP contribution in [0.1, 0.15) is 15.9 Å². The number of methoxy groups -OCH3 is 1. The van der Waals surface area contributed by atoms with E-state index >= 15 is 0 Å². The molecule has 1 aromatic carbocycles. The number of benzene rings is 1. The van der Waals surface area contributed by atoms with Crippen molar-refractivity contribution < 1.29 is 9.53 Å². The number of nitrogen functional groups attached to an aromatic ring is 1. The molecule has 2 heterocycles. The maximum atomic E-state index is 11.9. The molecule has 0 fully saturated rings. The number of nitrogens with two attached hydrogens (primary N) is 1. The average Bonchev–Trinajstić information content (AvgIpc) is 2.69. The Balaban J connectivity index is 1.81. The number of ether oxygens (including phenoxy) is 1. The minimum absolute atomic E-state index is 0.344. The predicted octanol–water partition coefficient (Wildman–Crippen LogP) is 2.60. The first kappa shape index (κ1) is 17.2. The minimum atomic E-state index is -0.448. The van der Waals surface area contributed by atoms with Crippen LogP contribution in [0, 0.1) is 0 Å². The van der Waals surface area contributed by atoms with E-state index < -0.39 is 5.97 Å². The number of carbonyl (C=O) groups excluding carboxylic acids is 1. The summed E-state index contributed by atoms with van der Waals surface area (Å²) in [4.78, 5) is 24.3. The Bertz CT molecular complexity index is 901. The Labute approximate surface area is 150 Å². The van der Waals surface area contributed by atoms with Crippen molar-refractivity contribution in [1.82, 2.24) is 15.0 Å². The fraction of sp³-hybridized carbons (Fsp3) is 0.111. The first-order chi connectivity index (χ1) is 12.7. The molecule has 0 radical (unpaired) electrons. The van der Waals surface area contributed by atoms with Gasteiger partial charge in [-0.05, 0) is 23.8 Å². The standard InChI is InChI=1S/C18H18N6O2/c1-26-18(25)13-6-2-3-7-14(13)24-17-15(19)16(22-11-23-17)21-10-12-5-4-8-20-9-12/h2-9,11H,10,19H2,1H3,(H2,21,22,23,24). The quantitative estimate of drug-likeness (QED) is 0.581. The molecule has 8 heteroatoms. The zero-order valence-electron chi connectivity index (χ0n) is 14.1. The molecule has 0 amide bonds. The van der Waals surface area contributed by atoms with Crippen molar-refractivity contribution in [3.8, 4) is 0 Å². The largest absolute Gasteiger partial charge is 0.465 e. The van der Waals surface area contributed by atoms with Gasteiger partial charge in [0.1, 0.15) is 12.0 Å². The summed E-state index contributed by atoms with van der Waals surface area (Å²) in [6, 6.07) is 10.8. The van der Waals surface area contributed by atoms with Gasteiger partial charge in [0.15, 0.2) is 11.6 Å². The van der Waals surface area contributed by atoms with E-state index in [2.05, 4.69) is 25.6 Å². The van der Waals surface area contributed by atoms with E-state index in [9.17, 15) is 4.79 Å². The molecule has 26 heavy (non-hydrogen) atoms. The van der Waals surface area contributed by atoms with Crippen LogP contribution in [-0.2, 0) is 11.3 Å². The van der Waals surface area contributed by atoms with Gasteiger partial charge in [0.2, 0.25) is 0 Å². The van der Waals surface area contributed by atoms with Crippen LogP contribution in [0.15, 0.2) is 55.1 Å². The summed E-state index contributed by atoms with van der Waals surface area (Å²) in [7, 11) is 1.33. The van der Waals surface area contributed by atoms with Gasteiger partial charge in [-0.3, -0.25) is 4.98 Å². The normalized spacial score (nSPS) is 10.2. The third-order valence-corrected chi connectivity index (χ3v) is 3.65. The third kappa shape index (κ3) is 3.86. The second-order valence-electron chi connectivity index (χ2n) is 5.36. The Kier molecular flexibility index (Phi) is 5.23. The molecule has 0 atom stereocenters. The molecule has 3 aromatic rings. The second-order valence-corrected chi connectivity index (χ2v) is 5.36. The van der Waals surface area contributed by atoms with E-state index in [0.29, 0.717) is 35.1 Å². The fourth-order valence-electron chi connectivity index (χ4n) is 2.33. The van der Waals surface area contributed by atoms with Crippen LogP contribution < -0.4 is 16.4 Å². The molecular weight excluding hydrogens is 332 g/mol. The molecule has 8 nitrogen and oxygen atoms in total. The molecule has 0 aliphatic heterocycles. The summed E-state index contributed by atoms with van der Waals surface area (Å²) in [5.74, 6) is 0.433. The molecule has 0 bridgehead atoms. The van der Waals surface area contributed by atoms with Crippen molar-refractivity contribution >= 4 is 29.0 Å². The molecule has 0 aliphatic rings. The van der Waals surface area contributed by atoms with E-state index in [-0.39, 0.29) is 0 Å². The molecule has 0 spiro atoms. The number of carbonyl (C=O) groups is 1. The minimum Gasteiger partial charge on any atom is -0.465 e. The number of para-hydroxylation sites is 1. The lowest BCUT2D eigenvalue weighted by Crippen LogP contribution is -2.10. The summed E-state index contributed by atoms with van der Waals surface area (Å²) in [5, 5.41) is 6.22. The summed E-state index contributed by atoms with van der Waals surface area (Å²) in [5.41, 5.74) is 8.44. The van der Waals surface area contributed by atoms with E-state index in [0.717, 1.165) is 5.56 Å². The van der Waals surface area contributed by atoms with Gasteiger partial charge in [-0.15, -0.1) is 0 Å². The number of hydrogen-bond acceptors (Lipinski definition) is 8. The van der Waals surface area contributed by atoms with Crippen molar-refractivity contribution in [3.63, 3.8) is 0 Å². The predicted molar refractivity (Wildman–Crippen MR) is 99.1 cm³/mol. The maximum absolute atomic E-state index is 11.9. The van der Waals surface area contributed by atoms with E-state index in [1.54, 1.807) is 36.7 Å². The topological polar surface area (TPSA) is 115 Å². The smallest absolute Gasteiger partial charge is 0.339 e. The van der Waals surface area contributed by atoms with Crippen molar-refractivity contribution in [2.45, 2.75) is 6.54 Å². The summed E-state index contributed by atoms with van der Waals surface area (Å²) in [6.07, 6.45) is 4.87. The zero-order chi connectivity index (χ0) is 18.4. The Hall–Kier alpha value is -3.68. The molecule has 2 aromatic heterocycles. The number of pyridine rings is 1. The van der Waals surface area contributed by atoms with Gasteiger partial charge >= 0.3 is 5.97 Å². The lowest BCUT2D eigenvalue weighted by atomic mass is 10.2. The molecule has 0 saturated heterocycles. The monoisotopic (exact) mass is 350 g/mol. The number of anilines is 4. The Morgan fingerprint density at radius 3 is 2.73 bits per heavy atom. The lowest BCUT2D eigenvalue weighted by Gasteiger charge is -2.14. The van der Waals surface area contributed by atoms with Crippen LogP contribution in [0.3, 0.4) is 0 Å². The maximum Gasteiger partial charge on any atom is 0.339 e. The average molecular weight is 350 g/mol. The highest BCUT2D eigenvalue weighted by atomic mass is 16.5. The van der Waals surface area contributed by atoms with Crippen molar-refractivity contribution in [3.05, 3.63) is 66.2 Å². The Morgan fingerprint density at radius 1 is 1.15 bits per heavy atom. The third-order valence-electron chi connectivity index (χ3n) is 3.65. The van der Waals surface area contributed by atoms with Gasteiger partial charge in [0, 0.05) is 18.9 Å². The summed E-state index contributed by atoms with van der Waals surface area (Å²) < 4.78 is 4.79. The van der Waals surface area contributed by atoms with E-state index in [1.165, 1.54) is 13.4 Å². The van der Waals surface area contributed by atoms with Gasteiger partial charge in [-0.1, -0.05) is 18.2 Å². The van der Waals surface area contributed by atoms with Gasteiger partial charge in [0.25, 0.3) is 0 Å². The van der Waals surface area contributed by atoms with Crippen molar-refractivity contribution in [1.29, 1.82) is 0 Å². The van der Waals surface area contributed by atoms with Crippen LogP contribution in [0.4, 0.5) is 23.0 Å². The Morgan fingerprint density at radius 2 is 1.96 bits per heavy atom. The molecular formula is C18H18N6O2. The number of rotatable bonds is 6. The first-order valence-electron chi connectivity index (χ1n) is 7.86. The van der Waals surface area contributed by atoms with Gasteiger partial charge in [-0.2, -0.15) is 0 Å². The molecule has 132 valence electrons. The molecule has 0 unspecified atom stereocenters. The lowest BCUT2D eigenvalue weighted by molar-refractivity contribution is 0.0602. The van der Waals surface area contributed by atoms with Crippen LogP contribution in [-0.4, -0.2) is 28.0 Å². The van der Waals surface area contributed by atoms with Crippen LogP contribution in [0.2, 0.25) is 0 Å². The van der Waals surface area contributed by atoms with E-state index in [1.807, 2.05) is 12.1 Å². The summed E-state index contributed by atoms with van der Waals surface area (Å²) in [6.45, 7) is 0.521. The van der Waals surface area contributed by atoms with Crippen molar-refractivity contribution in [2.24, 2.45) is 0 Å². The van der Waals surface area contributed by atoms with Gasteiger partial charge in [-0.25, -0.2) is 14.8 Å². The van der Waals surface area contributed by atoms with Gasteiger partial charge in [0.05, 0.1) is 18.4 Å². The SMILES string of the molecule is COC(=O)c1ccccc1Nc1ncnc(NCc2cccnc2)c1N. The van der Waals surface area contributed by atoms with Crippen molar-refractivity contribution in [2.75, 3.05) is 23.5 Å². The molecule has 4 N–H and O–H groups in total. The zero-order valence-corrected chi connectivity index (χ0v) is 14.1. The fourth-order valence-corrected chi connectivity index (χ4v) is 2.33. The molecule has 0 saturated carbocycles. The molecule has 3 rings (SSSR count). The number of hydrogen-bond donors (Lipinski definition) is 3. The number of aromatic nitrogens is 3. The highest BCUT2D eigenvalue weighted by Crippen LogP contribution is 2.28. The first-order valence-corrected chi connectivity index (χ1v) is 7.86. The second kappa shape index (κ2) is 7.93. The number of nitrogens with one attached hydrogen (secondary N) is 2. The number of nitrogens with zero attached hydrogens (tertiary/aromatic N) is 3. The molecule has 0 aliphatic carbocycles. The van der Waals surface area contributed by atoms with E-state index in [4.69, 9.17) is 10.5 Å². The summed E-state index contributed by atoms with van der Waals surface area (Å²) >= 11 is 0. The highest BCUT2D eigenvalue weighted by Gasteiger charge is 2.14. The number of esters is 1. The van der Waals surface area contributed by atoms with Crippen LogP contribution >= 0.6 is 0 Å².